The smallest absolute Gasteiger partial charge is 0.264 e. The Morgan fingerprint density at radius 3 is 2.61 bits per heavy atom. The lowest BCUT2D eigenvalue weighted by atomic mass is 10.1. The number of nitrogens with zero attached hydrogens (tertiary/aromatic N) is 2. The predicted octanol–water partition coefficient (Wildman–Crippen LogP) is 4.06. The van der Waals surface area contributed by atoms with Gasteiger partial charge in [-0.05, 0) is 47.9 Å². The zero-order valence-electron chi connectivity index (χ0n) is 16.6. The van der Waals surface area contributed by atoms with Crippen LogP contribution in [0.5, 0.6) is 5.75 Å². The molecule has 0 aliphatic heterocycles. The van der Waals surface area contributed by atoms with E-state index in [4.69, 9.17) is 16.3 Å². The van der Waals surface area contributed by atoms with E-state index in [1.165, 1.54) is 4.57 Å². The summed E-state index contributed by atoms with van der Waals surface area (Å²) < 4.78 is 7.28. The van der Waals surface area contributed by atoms with Gasteiger partial charge >= 0.3 is 0 Å². The van der Waals surface area contributed by atoms with E-state index in [-0.39, 0.29) is 25.3 Å². The number of carbonyl (C=O) groups excluding carboxylic acids is 1. The van der Waals surface area contributed by atoms with Crippen LogP contribution in [0.4, 0.5) is 0 Å². The Balaban J connectivity index is 1.61. The SMILES string of the molecule is O=C(NCc1ccccn1)c1cc2ccc(Cl)cc2n(CCOc2ccccc2)c1=O. The maximum Gasteiger partial charge on any atom is 0.264 e. The highest BCUT2D eigenvalue weighted by molar-refractivity contribution is 6.31. The van der Waals surface area contributed by atoms with E-state index in [0.717, 1.165) is 5.39 Å². The fraction of sp³-hybridized carbons (Fsp3) is 0.125. The third-order valence-electron chi connectivity index (χ3n) is 4.79. The zero-order chi connectivity index (χ0) is 21.6. The summed E-state index contributed by atoms with van der Waals surface area (Å²) in [5.74, 6) is 0.257. The zero-order valence-corrected chi connectivity index (χ0v) is 17.4. The minimum atomic E-state index is -0.453. The Hall–Kier alpha value is -3.64. The average molecular weight is 434 g/mol. The van der Waals surface area contributed by atoms with Crippen molar-refractivity contribution < 1.29 is 9.53 Å². The molecule has 0 saturated carbocycles. The first-order chi connectivity index (χ1) is 15.1. The number of amides is 1. The quantitative estimate of drug-likeness (QED) is 0.477. The van der Waals surface area contributed by atoms with Gasteiger partial charge in [0.2, 0.25) is 0 Å². The second kappa shape index (κ2) is 9.45. The Kier molecular flexibility index (Phi) is 6.29. The van der Waals surface area contributed by atoms with Gasteiger partial charge in [0.25, 0.3) is 11.5 Å². The highest BCUT2D eigenvalue weighted by Gasteiger charge is 2.16. The summed E-state index contributed by atoms with van der Waals surface area (Å²) in [6, 6.07) is 21.6. The van der Waals surface area contributed by atoms with Crippen LogP contribution in [0.3, 0.4) is 0 Å². The molecule has 0 atom stereocenters. The number of benzene rings is 2. The molecule has 2 heterocycles. The standard InChI is InChI=1S/C24H20ClN3O3/c25-18-10-9-17-14-21(23(29)27-16-19-6-4-5-11-26-19)24(30)28(22(17)15-18)12-13-31-20-7-2-1-3-8-20/h1-11,14-15H,12-13,16H2,(H,27,29). The molecule has 0 saturated heterocycles. The number of rotatable bonds is 7. The third-order valence-corrected chi connectivity index (χ3v) is 5.02. The largest absolute Gasteiger partial charge is 0.492 e. The number of hydrogen-bond donors (Lipinski definition) is 1. The van der Waals surface area contributed by atoms with Gasteiger partial charge in [-0.2, -0.15) is 0 Å². The highest BCUT2D eigenvalue weighted by Crippen LogP contribution is 2.19. The van der Waals surface area contributed by atoms with Crippen molar-refractivity contribution in [2.45, 2.75) is 13.1 Å². The molecule has 2 aromatic carbocycles. The molecular weight excluding hydrogens is 414 g/mol. The molecule has 2 aromatic heterocycles. The second-order valence-corrected chi connectivity index (χ2v) is 7.32. The van der Waals surface area contributed by atoms with E-state index in [0.29, 0.717) is 22.0 Å². The van der Waals surface area contributed by atoms with Crippen molar-refractivity contribution in [2.75, 3.05) is 6.61 Å². The number of ether oxygens (including phenoxy) is 1. The summed E-state index contributed by atoms with van der Waals surface area (Å²) in [7, 11) is 0. The van der Waals surface area contributed by atoms with Gasteiger partial charge < -0.3 is 14.6 Å². The van der Waals surface area contributed by atoms with Crippen LogP contribution in [-0.4, -0.2) is 22.1 Å². The van der Waals surface area contributed by atoms with Crippen LogP contribution in [0, 0.1) is 0 Å². The molecule has 1 amide bonds. The number of nitrogens with one attached hydrogen (secondary N) is 1. The molecule has 0 radical (unpaired) electrons. The van der Waals surface area contributed by atoms with Crippen molar-refractivity contribution in [3.63, 3.8) is 0 Å². The minimum absolute atomic E-state index is 0.0606. The van der Waals surface area contributed by atoms with Crippen molar-refractivity contribution in [1.29, 1.82) is 0 Å². The molecular formula is C24H20ClN3O3. The first-order valence-electron chi connectivity index (χ1n) is 9.81. The Bertz CT molecular complexity index is 1260. The lowest BCUT2D eigenvalue weighted by Crippen LogP contribution is -2.34. The molecule has 31 heavy (non-hydrogen) atoms. The van der Waals surface area contributed by atoms with Gasteiger partial charge in [0.05, 0.1) is 24.3 Å². The van der Waals surface area contributed by atoms with Gasteiger partial charge in [-0.1, -0.05) is 41.9 Å². The number of para-hydroxylation sites is 1. The Labute approximate surface area is 184 Å². The highest BCUT2D eigenvalue weighted by atomic mass is 35.5. The normalized spacial score (nSPS) is 10.7. The van der Waals surface area contributed by atoms with Gasteiger partial charge in [0, 0.05) is 11.2 Å². The maximum atomic E-state index is 13.2. The van der Waals surface area contributed by atoms with Gasteiger partial charge in [-0.3, -0.25) is 14.6 Å². The number of halogens is 1. The Morgan fingerprint density at radius 2 is 1.84 bits per heavy atom. The molecule has 0 fully saturated rings. The van der Waals surface area contributed by atoms with Crippen molar-refractivity contribution in [1.82, 2.24) is 14.9 Å². The molecule has 1 N–H and O–H groups in total. The summed E-state index contributed by atoms with van der Waals surface area (Å²) in [5.41, 5.74) is 1.02. The van der Waals surface area contributed by atoms with Gasteiger partial charge in [0.1, 0.15) is 17.9 Å². The lowest BCUT2D eigenvalue weighted by Gasteiger charge is -2.14. The van der Waals surface area contributed by atoms with Crippen molar-refractivity contribution >= 4 is 28.4 Å². The van der Waals surface area contributed by atoms with Gasteiger partial charge in [-0.25, -0.2) is 0 Å². The van der Waals surface area contributed by atoms with Gasteiger partial charge in [0.15, 0.2) is 0 Å². The van der Waals surface area contributed by atoms with E-state index >= 15 is 0 Å². The Morgan fingerprint density at radius 1 is 1.03 bits per heavy atom. The van der Waals surface area contributed by atoms with Crippen LogP contribution in [0.15, 0.2) is 83.8 Å². The van der Waals surface area contributed by atoms with E-state index in [1.54, 1.807) is 36.5 Å². The van der Waals surface area contributed by atoms with Crippen LogP contribution >= 0.6 is 11.6 Å². The van der Waals surface area contributed by atoms with Crippen molar-refractivity contribution in [2.24, 2.45) is 0 Å². The summed E-state index contributed by atoms with van der Waals surface area (Å²) in [4.78, 5) is 30.1. The van der Waals surface area contributed by atoms with Crippen LogP contribution < -0.4 is 15.6 Å². The molecule has 156 valence electrons. The number of fused-ring (bicyclic) bond motifs is 1. The number of hydrogen-bond acceptors (Lipinski definition) is 4. The first kappa shape index (κ1) is 20.6. The fourth-order valence-corrected chi connectivity index (χ4v) is 3.44. The molecule has 4 aromatic rings. The molecule has 0 aliphatic rings. The van der Waals surface area contributed by atoms with Crippen molar-refractivity contribution in [3.8, 4) is 5.75 Å². The summed E-state index contributed by atoms with van der Waals surface area (Å²) >= 11 is 6.16. The molecule has 0 spiro atoms. The predicted molar refractivity (Wildman–Crippen MR) is 121 cm³/mol. The van der Waals surface area contributed by atoms with E-state index in [1.807, 2.05) is 42.5 Å². The maximum absolute atomic E-state index is 13.2. The average Bonchev–Trinajstić information content (AvgIpc) is 2.80. The molecule has 4 rings (SSSR count). The number of pyridine rings is 2. The summed E-state index contributed by atoms with van der Waals surface area (Å²) in [5, 5.41) is 4.02. The third kappa shape index (κ3) is 4.92. The van der Waals surface area contributed by atoms with E-state index in [9.17, 15) is 9.59 Å². The molecule has 0 aliphatic carbocycles. The number of carbonyl (C=O) groups is 1. The van der Waals surface area contributed by atoms with E-state index in [2.05, 4.69) is 10.3 Å². The second-order valence-electron chi connectivity index (χ2n) is 6.88. The lowest BCUT2D eigenvalue weighted by molar-refractivity contribution is 0.0948. The molecule has 0 unspecified atom stereocenters. The van der Waals surface area contributed by atoms with Gasteiger partial charge in [-0.15, -0.1) is 0 Å². The van der Waals surface area contributed by atoms with Crippen LogP contribution in [0.2, 0.25) is 5.02 Å². The number of aromatic nitrogens is 2. The minimum Gasteiger partial charge on any atom is -0.492 e. The monoisotopic (exact) mass is 433 g/mol. The van der Waals surface area contributed by atoms with Crippen LogP contribution in [0.25, 0.3) is 10.9 Å². The van der Waals surface area contributed by atoms with Crippen molar-refractivity contribution in [3.05, 3.63) is 106 Å². The first-order valence-corrected chi connectivity index (χ1v) is 10.2. The van der Waals surface area contributed by atoms with Crippen LogP contribution in [0.1, 0.15) is 16.1 Å². The van der Waals surface area contributed by atoms with E-state index < -0.39 is 11.5 Å². The summed E-state index contributed by atoms with van der Waals surface area (Å²) in [6.07, 6.45) is 1.65. The topological polar surface area (TPSA) is 73.2 Å². The molecule has 7 heteroatoms. The summed E-state index contributed by atoms with van der Waals surface area (Å²) in [6.45, 7) is 0.769. The molecule has 0 bridgehead atoms. The fourth-order valence-electron chi connectivity index (χ4n) is 3.27. The molecule has 6 nitrogen and oxygen atoms in total. The van der Waals surface area contributed by atoms with Crippen LogP contribution in [-0.2, 0) is 13.1 Å².